The Morgan fingerprint density at radius 3 is 2.26 bits per heavy atom. The molecule has 2 aromatic rings. The van der Waals surface area contributed by atoms with Gasteiger partial charge in [0.05, 0.1) is 12.0 Å². The zero-order valence-corrected chi connectivity index (χ0v) is 19.8. The highest BCUT2D eigenvalue weighted by atomic mass is 32.2. The summed E-state index contributed by atoms with van der Waals surface area (Å²) in [6.45, 7) is 11.4. The van der Waals surface area contributed by atoms with E-state index in [2.05, 4.69) is 52.1 Å². The molecule has 1 heterocycles. The number of carbonyl (C=O) groups is 2. The molecule has 1 saturated heterocycles. The third kappa shape index (κ3) is 3.80. The van der Waals surface area contributed by atoms with Crippen molar-refractivity contribution >= 4 is 29.0 Å². The number of imide groups is 1. The highest BCUT2D eigenvalue weighted by Crippen LogP contribution is 2.49. The number of aryl methyl sites for hydroxylation is 1. The third-order valence-corrected chi connectivity index (χ3v) is 7.48. The first kappa shape index (κ1) is 21.7. The van der Waals surface area contributed by atoms with Gasteiger partial charge in [-0.25, -0.2) is 0 Å². The fourth-order valence-corrected chi connectivity index (χ4v) is 5.35. The Morgan fingerprint density at radius 1 is 1.03 bits per heavy atom. The average molecular weight is 436 g/mol. The van der Waals surface area contributed by atoms with Gasteiger partial charge in [0.15, 0.2) is 0 Å². The van der Waals surface area contributed by atoms with E-state index in [9.17, 15) is 9.59 Å². The van der Waals surface area contributed by atoms with Gasteiger partial charge in [0.2, 0.25) is 0 Å². The zero-order chi connectivity index (χ0) is 22.6. The minimum atomic E-state index is -0.353. The Morgan fingerprint density at radius 2 is 1.68 bits per heavy atom. The molecule has 2 amide bonds. The van der Waals surface area contributed by atoms with Gasteiger partial charge in [0.1, 0.15) is 5.75 Å². The van der Waals surface area contributed by atoms with Crippen LogP contribution < -0.4 is 10.1 Å². The average Bonchev–Trinajstić information content (AvgIpc) is 3.02. The minimum absolute atomic E-state index is 0.0849. The van der Waals surface area contributed by atoms with Crippen LogP contribution in [0.1, 0.15) is 62.8 Å². The molecule has 162 valence electrons. The smallest absolute Gasteiger partial charge is 0.290 e. The minimum Gasteiger partial charge on any atom is -0.496 e. The lowest BCUT2D eigenvalue weighted by Gasteiger charge is -2.42. The summed E-state index contributed by atoms with van der Waals surface area (Å²) in [4.78, 5) is 24.2. The molecular weight excluding hydrogens is 406 g/mol. The Hall–Kier alpha value is -2.53. The molecule has 0 saturated carbocycles. The van der Waals surface area contributed by atoms with Gasteiger partial charge in [0, 0.05) is 5.56 Å². The highest BCUT2D eigenvalue weighted by molar-refractivity contribution is 8.18. The maximum Gasteiger partial charge on any atom is 0.290 e. The van der Waals surface area contributed by atoms with Gasteiger partial charge in [-0.05, 0) is 88.4 Å². The van der Waals surface area contributed by atoms with Crippen molar-refractivity contribution in [1.29, 1.82) is 0 Å². The summed E-state index contributed by atoms with van der Waals surface area (Å²) in [6.07, 6.45) is 4.09. The predicted octanol–water partition coefficient (Wildman–Crippen LogP) is 6.34. The lowest BCUT2D eigenvalue weighted by molar-refractivity contribution is -0.115. The summed E-state index contributed by atoms with van der Waals surface area (Å²) in [5.41, 5.74) is 7.09. The Balaban J connectivity index is 1.96. The number of hydrogen-bond acceptors (Lipinski definition) is 4. The number of benzene rings is 2. The largest absolute Gasteiger partial charge is 0.496 e. The molecule has 0 unspecified atom stereocenters. The summed E-state index contributed by atoms with van der Waals surface area (Å²) in [5.74, 6) is 0.397. The fraction of sp³-hybridized carbons (Fsp3) is 0.385. The molecule has 0 atom stereocenters. The van der Waals surface area contributed by atoms with Crippen LogP contribution in [-0.4, -0.2) is 18.3 Å². The van der Waals surface area contributed by atoms with Gasteiger partial charge in [-0.15, -0.1) is 0 Å². The van der Waals surface area contributed by atoms with Crippen LogP contribution in [-0.2, 0) is 15.6 Å². The normalized spacial score (nSPS) is 20.5. The van der Waals surface area contributed by atoms with E-state index in [1.165, 1.54) is 16.7 Å². The highest BCUT2D eigenvalue weighted by Gasteiger charge is 2.37. The predicted molar refractivity (Wildman–Crippen MR) is 128 cm³/mol. The van der Waals surface area contributed by atoms with Crippen molar-refractivity contribution in [2.45, 2.75) is 58.3 Å². The summed E-state index contributed by atoms with van der Waals surface area (Å²) >= 11 is 0.933. The van der Waals surface area contributed by atoms with Crippen molar-refractivity contribution < 1.29 is 14.3 Å². The summed E-state index contributed by atoms with van der Waals surface area (Å²) in [6, 6.07) is 10.5. The van der Waals surface area contributed by atoms with Gasteiger partial charge in [-0.1, -0.05) is 45.9 Å². The molecular formula is C26H29NO3S. The molecule has 0 bridgehead atoms. The summed E-state index contributed by atoms with van der Waals surface area (Å²) in [5, 5.41) is 1.99. The van der Waals surface area contributed by atoms with Crippen molar-refractivity contribution in [3.63, 3.8) is 0 Å². The topological polar surface area (TPSA) is 55.4 Å². The van der Waals surface area contributed by atoms with E-state index in [0.717, 1.165) is 47.0 Å². The molecule has 1 N–H and O–H groups in total. The second-order valence-corrected chi connectivity index (χ2v) is 10.8. The van der Waals surface area contributed by atoms with Crippen molar-refractivity contribution in [3.8, 4) is 16.9 Å². The molecule has 4 nitrogen and oxygen atoms in total. The van der Waals surface area contributed by atoms with E-state index < -0.39 is 0 Å². The molecule has 2 aliphatic rings. The van der Waals surface area contributed by atoms with E-state index in [4.69, 9.17) is 4.74 Å². The number of hydrogen-bond donors (Lipinski definition) is 1. The number of methoxy groups -OCH3 is 1. The van der Waals surface area contributed by atoms with Crippen LogP contribution in [0.2, 0.25) is 0 Å². The lowest BCUT2D eigenvalue weighted by atomic mass is 9.62. The van der Waals surface area contributed by atoms with Crippen LogP contribution in [0.5, 0.6) is 5.75 Å². The first-order valence-electron chi connectivity index (χ1n) is 10.6. The van der Waals surface area contributed by atoms with Crippen molar-refractivity contribution in [2.24, 2.45) is 0 Å². The van der Waals surface area contributed by atoms with Gasteiger partial charge in [-0.3, -0.25) is 14.9 Å². The van der Waals surface area contributed by atoms with E-state index in [1.807, 2.05) is 18.2 Å². The number of fused-ring (bicyclic) bond motifs is 1. The van der Waals surface area contributed by atoms with E-state index >= 15 is 0 Å². The fourth-order valence-electron chi connectivity index (χ4n) is 4.68. The number of ether oxygens (including phenoxy) is 1. The number of nitrogens with one attached hydrogen (secondary N) is 1. The molecule has 2 aromatic carbocycles. The van der Waals surface area contributed by atoms with Gasteiger partial charge < -0.3 is 4.74 Å². The quantitative estimate of drug-likeness (QED) is 0.571. The maximum atomic E-state index is 12.2. The molecule has 0 spiro atoms. The maximum absolute atomic E-state index is 12.2. The summed E-state index contributed by atoms with van der Waals surface area (Å²) < 4.78 is 5.74. The molecule has 5 heteroatoms. The van der Waals surface area contributed by atoms with Crippen LogP contribution in [0.15, 0.2) is 35.2 Å². The number of amides is 2. The first-order valence-corrected chi connectivity index (χ1v) is 11.4. The number of carbonyl (C=O) groups excluding carboxylic acids is 2. The second kappa shape index (κ2) is 7.56. The first-order chi connectivity index (χ1) is 14.5. The third-order valence-electron chi connectivity index (χ3n) is 6.67. The molecule has 1 aliphatic carbocycles. The molecule has 31 heavy (non-hydrogen) atoms. The molecule has 0 radical (unpaired) electrons. The SMILES string of the molecule is COc1cccc(/C=C2/SC(=O)NC2=O)c1-c1cc2c(cc1C)C(C)(C)CCC2(C)C. The van der Waals surface area contributed by atoms with E-state index in [-0.39, 0.29) is 22.0 Å². The van der Waals surface area contributed by atoms with Crippen LogP contribution >= 0.6 is 11.8 Å². The van der Waals surface area contributed by atoms with Crippen LogP contribution in [0.3, 0.4) is 0 Å². The number of thioether (sulfide) groups is 1. The standard InChI is InChI=1S/C26H29NO3S/c1-15-12-18-19(26(4,5)11-10-25(18,2)3)14-17(15)22-16(8-7-9-20(22)30-6)13-21-23(28)27-24(29)31-21/h7-9,12-14H,10-11H2,1-6H3,(H,27,28,29)/b21-13+. The van der Waals surface area contributed by atoms with Gasteiger partial charge in [-0.2, -0.15) is 0 Å². The summed E-state index contributed by atoms with van der Waals surface area (Å²) in [7, 11) is 1.66. The van der Waals surface area contributed by atoms with Crippen LogP contribution in [0, 0.1) is 6.92 Å². The lowest BCUT2D eigenvalue weighted by Crippen LogP contribution is -2.34. The number of rotatable bonds is 3. The van der Waals surface area contributed by atoms with Crippen molar-refractivity contribution in [2.75, 3.05) is 7.11 Å². The van der Waals surface area contributed by atoms with Crippen LogP contribution in [0.4, 0.5) is 4.79 Å². The van der Waals surface area contributed by atoms with Crippen LogP contribution in [0.25, 0.3) is 17.2 Å². The molecule has 1 fully saturated rings. The molecule has 4 rings (SSSR count). The van der Waals surface area contributed by atoms with Crippen molar-refractivity contribution in [1.82, 2.24) is 5.32 Å². The Kier molecular flexibility index (Phi) is 5.29. The zero-order valence-electron chi connectivity index (χ0n) is 19.0. The Labute approximate surface area is 188 Å². The van der Waals surface area contributed by atoms with Gasteiger partial charge in [0.25, 0.3) is 11.1 Å². The molecule has 0 aromatic heterocycles. The molecule has 1 aliphatic heterocycles. The second-order valence-electron chi connectivity index (χ2n) is 9.76. The Bertz CT molecular complexity index is 1130. The van der Waals surface area contributed by atoms with Crippen molar-refractivity contribution in [3.05, 3.63) is 57.5 Å². The van der Waals surface area contributed by atoms with Gasteiger partial charge >= 0.3 is 0 Å². The monoisotopic (exact) mass is 435 g/mol. The van der Waals surface area contributed by atoms with E-state index in [1.54, 1.807) is 13.2 Å². The van der Waals surface area contributed by atoms with E-state index in [0.29, 0.717) is 4.91 Å².